The number of aromatic nitrogens is 3. The number of ether oxygens (including phenoxy) is 1. The average Bonchev–Trinajstić information content (AvgIpc) is 2.64. The van der Waals surface area contributed by atoms with Crippen LogP contribution in [0.5, 0.6) is 5.75 Å². The Bertz CT molecular complexity index is 898. The first-order valence-corrected chi connectivity index (χ1v) is 8.96. The van der Waals surface area contributed by atoms with Crippen molar-refractivity contribution in [1.82, 2.24) is 15.0 Å². The van der Waals surface area contributed by atoms with Gasteiger partial charge in [0.25, 0.3) is 0 Å². The number of benzene rings is 1. The van der Waals surface area contributed by atoms with Crippen molar-refractivity contribution in [2.24, 2.45) is 0 Å². The molecule has 2 atom stereocenters. The smallest absolute Gasteiger partial charge is 0.138 e. The Morgan fingerprint density at radius 3 is 2.77 bits per heavy atom. The SMILES string of the molecule is Cc1ncc(Nc2nccc3cc(O[C@H]4CCC[C@@H](O)C4)ccc23)cn1. The lowest BCUT2D eigenvalue weighted by Gasteiger charge is -2.26. The highest BCUT2D eigenvalue weighted by molar-refractivity contribution is 5.93. The molecule has 0 unspecified atom stereocenters. The fraction of sp³-hybridized carbons (Fsp3) is 0.350. The van der Waals surface area contributed by atoms with Gasteiger partial charge in [0.1, 0.15) is 23.5 Å². The van der Waals surface area contributed by atoms with E-state index in [1.807, 2.05) is 31.2 Å². The second kappa shape index (κ2) is 7.25. The van der Waals surface area contributed by atoms with E-state index in [0.29, 0.717) is 6.42 Å². The van der Waals surface area contributed by atoms with Gasteiger partial charge in [-0.2, -0.15) is 0 Å². The molecule has 2 aromatic heterocycles. The predicted octanol–water partition coefficient (Wildman–Crippen LogP) is 3.76. The van der Waals surface area contributed by atoms with Crippen molar-refractivity contribution in [3.63, 3.8) is 0 Å². The van der Waals surface area contributed by atoms with Crippen LogP contribution in [0, 0.1) is 6.92 Å². The summed E-state index contributed by atoms with van der Waals surface area (Å²) in [5.41, 5.74) is 0.798. The van der Waals surface area contributed by atoms with Crippen LogP contribution in [0.2, 0.25) is 0 Å². The number of aliphatic hydroxyl groups excluding tert-OH is 1. The molecular formula is C20H22N4O2. The maximum absolute atomic E-state index is 9.82. The molecule has 2 heterocycles. The zero-order valence-corrected chi connectivity index (χ0v) is 14.7. The second-order valence-electron chi connectivity index (χ2n) is 6.75. The maximum atomic E-state index is 9.82. The Hall–Kier alpha value is -2.73. The lowest BCUT2D eigenvalue weighted by atomic mass is 9.95. The molecule has 0 radical (unpaired) electrons. The number of nitrogens with one attached hydrogen (secondary N) is 1. The standard InChI is InChI=1S/C20H22N4O2/c1-13-22-11-15(12-23-13)24-20-19-6-5-18(9-14(19)7-8-21-20)26-17-4-2-3-16(25)10-17/h5-9,11-12,16-17,25H,2-4,10H2,1H3,(H,21,24)/t16-,17+/m1/s1. The van der Waals surface area contributed by atoms with Crippen molar-refractivity contribution >= 4 is 22.3 Å². The number of rotatable bonds is 4. The lowest BCUT2D eigenvalue weighted by Crippen LogP contribution is -2.28. The number of fused-ring (bicyclic) bond motifs is 1. The van der Waals surface area contributed by atoms with E-state index < -0.39 is 0 Å². The van der Waals surface area contributed by atoms with Gasteiger partial charge in [0.05, 0.1) is 24.2 Å². The minimum Gasteiger partial charge on any atom is -0.490 e. The van der Waals surface area contributed by atoms with Gasteiger partial charge in [0.2, 0.25) is 0 Å². The topological polar surface area (TPSA) is 80.2 Å². The first-order chi connectivity index (χ1) is 12.7. The molecule has 6 nitrogen and oxygen atoms in total. The second-order valence-corrected chi connectivity index (χ2v) is 6.75. The summed E-state index contributed by atoms with van der Waals surface area (Å²) in [4.78, 5) is 12.8. The third-order valence-electron chi connectivity index (χ3n) is 4.68. The molecule has 0 amide bonds. The molecule has 134 valence electrons. The minimum absolute atomic E-state index is 0.0836. The summed E-state index contributed by atoms with van der Waals surface area (Å²) in [6, 6.07) is 7.96. The van der Waals surface area contributed by atoms with Crippen LogP contribution >= 0.6 is 0 Å². The predicted molar refractivity (Wildman–Crippen MR) is 101 cm³/mol. The van der Waals surface area contributed by atoms with Crippen molar-refractivity contribution in [1.29, 1.82) is 0 Å². The number of hydrogen-bond donors (Lipinski definition) is 2. The number of pyridine rings is 1. The van der Waals surface area contributed by atoms with Gasteiger partial charge >= 0.3 is 0 Å². The summed E-state index contributed by atoms with van der Waals surface area (Å²) in [6.07, 6.45) is 8.68. The van der Waals surface area contributed by atoms with Gasteiger partial charge in [0.15, 0.2) is 0 Å². The number of aliphatic hydroxyl groups is 1. The Labute approximate surface area is 152 Å². The first-order valence-electron chi connectivity index (χ1n) is 8.96. The van der Waals surface area contributed by atoms with E-state index in [0.717, 1.165) is 53.1 Å². The average molecular weight is 350 g/mol. The maximum Gasteiger partial charge on any atom is 0.138 e. The van der Waals surface area contributed by atoms with E-state index in [4.69, 9.17) is 4.74 Å². The fourth-order valence-electron chi connectivity index (χ4n) is 3.34. The molecule has 0 aliphatic heterocycles. The van der Waals surface area contributed by atoms with Gasteiger partial charge in [-0.15, -0.1) is 0 Å². The molecule has 1 aromatic carbocycles. The third kappa shape index (κ3) is 3.75. The van der Waals surface area contributed by atoms with Crippen molar-refractivity contribution in [2.45, 2.75) is 44.8 Å². The van der Waals surface area contributed by atoms with Crippen LogP contribution in [0.4, 0.5) is 11.5 Å². The van der Waals surface area contributed by atoms with Crippen molar-refractivity contribution in [2.75, 3.05) is 5.32 Å². The molecule has 4 rings (SSSR count). The zero-order valence-electron chi connectivity index (χ0n) is 14.7. The van der Waals surface area contributed by atoms with E-state index in [1.165, 1.54) is 0 Å². The summed E-state index contributed by atoms with van der Waals surface area (Å²) < 4.78 is 6.08. The lowest BCUT2D eigenvalue weighted by molar-refractivity contribution is 0.0537. The van der Waals surface area contributed by atoms with Crippen molar-refractivity contribution < 1.29 is 9.84 Å². The summed E-state index contributed by atoms with van der Waals surface area (Å²) in [6.45, 7) is 1.85. The molecule has 1 fully saturated rings. The van der Waals surface area contributed by atoms with Crippen LogP contribution in [0.3, 0.4) is 0 Å². The summed E-state index contributed by atoms with van der Waals surface area (Å²) in [5.74, 6) is 2.32. The number of aryl methyl sites for hydroxylation is 1. The molecule has 3 aromatic rings. The summed E-state index contributed by atoms with van der Waals surface area (Å²) in [5, 5.41) is 15.1. The summed E-state index contributed by atoms with van der Waals surface area (Å²) >= 11 is 0. The van der Waals surface area contributed by atoms with E-state index in [2.05, 4.69) is 20.3 Å². The van der Waals surface area contributed by atoms with Crippen LogP contribution in [-0.4, -0.2) is 32.3 Å². The molecule has 6 heteroatoms. The van der Waals surface area contributed by atoms with Gasteiger partial charge in [0, 0.05) is 18.0 Å². The monoisotopic (exact) mass is 350 g/mol. The Kier molecular flexibility index (Phi) is 4.67. The van der Waals surface area contributed by atoms with Gasteiger partial charge in [-0.25, -0.2) is 15.0 Å². The van der Waals surface area contributed by atoms with Gasteiger partial charge in [-0.3, -0.25) is 0 Å². The molecule has 1 aliphatic carbocycles. The van der Waals surface area contributed by atoms with E-state index in [-0.39, 0.29) is 12.2 Å². The highest BCUT2D eigenvalue weighted by Crippen LogP contribution is 2.29. The van der Waals surface area contributed by atoms with E-state index >= 15 is 0 Å². The van der Waals surface area contributed by atoms with E-state index in [1.54, 1.807) is 18.6 Å². The molecule has 0 bridgehead atoms. The zero-order chi connectivity index (χ0) is 17.9. The highest BCUT2D eigenvalue weighted by atomic mass is 16.5. The minimum atomic E-state index is -0.245. The van der Waals surface area contributed by atoms with Gasteiger partial charge < -0.3 is 15.2 Å². The van der Waals surface area contributed by atoms with Crippen LogP contribution in [-0.2, 0) is 0 Å². The summed E-state index contributed by atoms with van der Waals surface area (Å²) in [7, 11) is 0. The van der Waals surface area contributed by atoms with Crippen LogP contribution in [0.25, 0.3) is 10.8 Å². The first kappa shape index (κ1) is 16.7. The van der Waals surface area contributed by atoms with Crippen LogP contribution in [0.15, 0.2) is 42.9 Å². The molecule has 26 heavy (non-hydrogen) atoms. The molecule has 0 saturated heterocycles. The number of nitrogens with zero attached hydrogens (tertiary/aromatic N) is 3. The van der Waals surface area contributed by atoms with E-state index in [9.17, 15) is 5.11 Å². The Balaban J connectivity index is 1.56. The largest absolute Gasteiger partial charge is 0.490 e. The molecule has 2 N–H and O–H groups in total. The highest BCUT2D eigenvalue weighted by Gasteiger charge is 2.21. The van der Waals surface area contributed by atoms with Crippen LogP contribution in [0.1, 0.15) is 31.5 Å². The molecule has 1 saturated carbocycles. The van der Waals surface area contributed by atoms with Crippen molar-refractivity contribution in [3.8, 4) is 5.75 Å². The van der Waals surface area contributed by atoms with Crippen molar-refractivity contribution in [3.05, 3.63) is 48.7 Å². The molecular weight excluding hydrogens is 328 g/mol. The van der Waals surface area contributed by atoms with Gasteiger partial charge in [-0.05, 0) is 55.8 Å². The molecule has 1 aliphatic rings. The third-order valence-corrected chi connectivity index (χ3v) is 4.68. The fourth-order valence-corrected chi connectivity index (χ4v) is 3.34. The normalized spacial score (nSPS) is 20.1. The quantitative estimate of drug-likeness (QED) is 0.746. The Morgan fingerprint density at radius 2 is 1.96 bits per heavy atom. The molecule has 0 spiro atoms. The number of hydrogen-bond acceptors (Lipinski definition) is 6. The van der Waals surface area contributed by atoms with Crippen LogP contribution < -0.4 is 10.1 Å². The van der Waals surface area contributed by atoms with Gasteiger partial charge in [-0.1, -0.05) is 0 Å². The number of anilines is 2. The Morgan fingerprint density at radius 1 is 1.12 bits per heavy atom.